The van der Waals surface area contributed by atoms with Gasteiger partial charge >= 0.3 is 5.97 Å². The maximum Gasteiger partial charge on any atom is 0.306 e. The van der Waals surface area contributed by atoms with Crippen molar-refractivity contribution in [2.24, 2.45) is 5.92 Å². The molecule has 0 radical (unpaired) electrons. The van der Waals surface area contributed by atoms with Gasteiger partial charge < -0.3 is 10.4 Å². The third-order valence-corrected chi connectivity index (χ3v) is 3.33. The Morgan fingerprint density at radius 3 is 2.43 bits per heavy atom. The highest BCUT2D eigenvalue weighted by Gasteiger charge is 2.17. The zero-order valence-corrected chi connectivity index (χ0v) is 13.0. The Morgan fingerprint density at radius 1 is 1.24 bits per heavy atom. The number of carbonyl (C=O) groups is 2. The Hall–Kier alpha value is -1.92. The molecular formula is C14H24N4O3. The average molecular weight is 296 g/mol. The van der Waals surface area contributed by atoms with Gasteiger partial charge in [0.25, 0.3) is 5.91 Å². The second-order valence-corrected chi connectivity index (χ2v) is 5.74. The molecule has 1 amide bonds. The Kier molecular flexibility index (Phi) is 6.33. The normalized spacial score (nSPS) is 14.0. The number of carbonyl (C=O) groups excluding carboxylic acids is 1. The molecule has 7 nitrogen and oxygen atoms in total. The van der Waals surface area contributed by atoms with Crippen molar-refractivity contribution in [3.8, 4) is 0 Å². The Balaban J connectivity index is 2.38. The predicted octanol–water partition coefficient (Wildman–Crippen LogP) is 1.94. The van der Waals surface area contributed by atoms with Crippen LogP contribution in [0.3, 0.4) is 0 Å². The fourth-order valence-electron chi connectivity index (χ4n) is 1.85. The topological polar surface area (TPSA) is 108 Å². The van der Waals surface area contributed by atoms with Gasteiger partial charge in [0.05, 0.1) is 5.92 Å². The molecule has 0 bridgehead atoms. The lowest BCUT2D eigenvalue weighted by atomic mass is 10.0. The lowest BCUT2D eigenvalue weighted by Crippen LogP contribution is -2.33. The van der Waals surface area contributed by atoms with Crippen molar-refractivity contribution in [1.82, 2.24) is 20.5 Å². The van der Waals surface area contributed by atoms with E-state index in [4.69, 9.17) is 5.11 Å². The van der Waals surface area contributed by atoms with E-state index in [1.807, 2.05) is 20.8 Å². The summed E-state index contributed by atoms with van der Waals surface area (Å²) in [5.41, 5.74) is 0. The van der Waals surface area contributed by atoms with Gasteiger partial charge in [-0.05, 0) is 19.8 Å². The van der Waals surface area contributed by atoms with Gasteiger partial charge in [0.1, 0.15) is 5.82 Å². The molecule has 0 aliphatic rings. The quantitative estimate of drug-likeness (QED) is 0.679. The van der Waals surface area contributed by atoms with E-state index in [2.05, 4.69) is 20.5 Å². The zero-order chi connectivity index (χ0) is 16.0. The summed E-state index contributed by atoms with van der Waals surface area (Å²) in [5, 5.41) is 18.3. The molecule has 21 heavy (non-hydrogen) atoms. The fourth-order valence-corrected chi connectivity index (χ4v) is 1.85. The molecule has 0 saturated heterocycles. The number of hydrogen-bond acceptors (Lipinski definition) is 4. The van der Waals surface area contributed by atoms with Crippen LogP contribution in [-0.2, 0) is 4.79 Å². The van der Waals surface area contributed by atoms with E-state index in [9.17, 15) is 9.59 Å². The lowest BCUT2D eigenvalue weighted by Gasteiger charge is -2.13. The summed E-state index contributed by atoms with van der Waals surface area (Å²) in [6.07, 6.45) is 2.08. The molecule has 2 atom stereocenters. The van der Waals surface area contributed by atoms with Crippen LogP contribution in [0, 0.1) is 5.92 Å². The van der Waals surface area contributed by atoms with E-state index in [0.717, 1.165) is 12.8 Å². The molecule has 0 aromatic carbocycles. The van der Waals surface area contributed by atoms with Crippen molar-refractivity contribution in [3.05, 3.63) is 11.6 Å². The van der Waals surface area contributed by atoms with Crippen LogP contribution >= 0.6 is 0 Å². The van der Waals surface area contributed by atoms with Gasteiger partial charge in [0, 0.05) is 12.0 Å². The number of aliphatic carboxylic acids is 1. The molecule has 1 aromatic heterocycles. The average Bonchev–Trinajstić information content (AvgIpc) is 2.88. The molecule has 7 heteroatoms. The summed E-state index contributed by atoms with van der Waals surface area (Å²) in [6, 6.07) is -0.0421. The number of carboxylic acid groups (broad SMARTS) is 1. The number of nitrogens with zero attached hydrogens (tertiary/aromatic N) is 2. The molecule has 0 spiro atoms. The van der Waals surface area contributed by atoms with Crippen LogP contribution in [0.5, 0.6) is 0 Å². The van der Waals surface area contributed by atoms with Crippen LogP contribution < -0.4 is 5.32 Å². The van der Waals surface area contributed by atoms with Gasteiger partial charge in [-0.2, -0.15) is 0 Å². The van der Waals surface area contributed by atoms with Crippen molar-refractivity contribution in [1.29, 1.82) is 0 Å². The minimum atomic E-state index is -0.784. The molecule has 0 aliphatic carbocycles. The standard InChI is InChI=1S/C14H24N4O3/c1-8(2)11-16-12(18-17-11)13(19)15-10(4)7-5-6-9(3)14(20)21/h8-10H,5-7H2,1-4H3,(H,15,19)(H,20,21)(H,16,17,18). The van der Waals surface area contributed by atoms with Crippen molar-refractivity contribution in [3.63, 3.8) is 0 Å². The van der Waals surface area contributed by atoms with Gasteiger partial charge in [0.15, 0.2) is 0 Å². The number of aromatic nitrogens is 3. The van der Waals surface area contributed by atoms with Gasteiger partial charge in [0.2, 0.25) is 5.82 Å². The number of carboxylic acids is 1. The summed E-state index contributed by atoms with van der Waals surface area (Å²) in [4.78, 5) is 26.8. The van der Waals surface area contributed by atoms with Crippen molar-refractivity contribution < 1.29 is 14.7 Å². The summed E-state index contributed by atoms with van der Waals surface area (Å²) < 4.78 is 0. The Morgan fingerprint density at radius 2 is 1.90 bits per heavy atom. The summed E-state index contributed by atoms with van der Waals surface area (Å²) >= 11 is 0. The molecule has 0 aliphatic heterocycles. The number of aromatic amines is 1. The highest BCUT2D eigenvalue weighted by atomic mass is 16.4. The molecule has 1 rings (SSSR count). The molecule has 118 valence electrons. The molecule has 0 fully saturated rings. The molecule has 1 aromatic rings. The number of rotatable bonds is 8. The highest BCUT2D eigenvalue weighted by molar-refractivity contribution is 5.90. The molecule has 3 N–H and O–H groups in total. The number of H-pyrrole nitrogens is 1. The summed E-state index contributed by atoms with van der Waals surface area (Å²) in [6.45, 7) is 7.51. The van der Waals surface area contributed by atoms with Gasteiger partial charge in [-0.15, -0.1) is 5.10 Å². The first-order chi connectivity index (χ1) is 9.81. The lowest BCUT2D eigenvalue weighted by molar-refractivity contribution is -0.141. The molecular weight excluding hydrogens is 272 g/mol. The van der Waals surface area contributed by atoms with Gasteiger partial charge in [-0.3, -0.25) is 14.7 Å². The molecule has 1 heterocycles. The van der Waals surface area contributed by atoms with Crippen LogP contribution in [0.15, 0.2) is 0 Å². The molecule has 0 saturated carbocycles. The summed E-state index contributed by atoms with van der Waals surface area (Å²) in [5.74, 6) is -0.429. The van der Waals surface area contributed by atoms with Crippen LogP contribution in [0.25, 0.3) is 0 Å². The summed E-state index contributed by atoms with van der Waals surface area (Å²) in [7, 11) is 0. The second-order valence-electron chi connectivity index (χ2n) is 5.74. The van der Waals surface area contributed by atoms with Crippen molar-refractivity contribution in [2.45, 2.75) is 58.9 Å². The van der Waals surface area contributed by atoms with E-state index >= 15 is 0 Å². The van der Waals surface area contributed by atoms with E-state index in [-0.39, 0.29) is 29.6 Å². The van der Waals surface area contributed by atoms with Crippen molar-refractivity contribution in [2.75, 3.05) is 0 Å². The first-order valence-electron chi connectivity index (χ1n) is 7.27. The predicted molar refractivity (Wildman–Crippen MR) is 78.1 cm³/mol. The van der Waals surface area contributed by atoms with Gasteiger partial charge in [-0.25, -0.2) is 4.98 Å². The first-order valence-corrected chi connectivity index (χ1v) is 7.27. The largest absolute Gasteiger partial charge is 0.481 e. The van der Waals surface area contributed by atoms with E-state index in [1.165, 1.54) is 0 Å². The van der Waals surface area contributed by atoms with Gasteiger partial charge in [-0.1, -0.05) is 27.2 Å². The van der Waals surface area contributed by atoms with E-state index in [0.29, 0.717) is 12.2 Å². The SMILES string of the molecule is CC(CCCC(C)C(=O)O)NC(=O)c1n[nH]c(C(C)C)n1. The Labute approximate surface area is 124 Å². The molecule has 2 unspecified atom stereocenters. The zero-order valence-electron chi connectivity index (χ0n) is 13.0. The van der Waals surface area contributed by atoms with E-state index < -0.39 is 5.97 Å². The number of amides is 1. The monoisotopic (exact) mass is 296 g/mol. The van der Waals surface area contributed by atoms with Crippen LogP contribution in [0.2, 0.25) is 0 Å². The second kappa shape index (κ2) is 7.75. The fraction of sp³-hybridized carbons (Fsp3) is 0.714. The highest BCUT2D eigenvalue weighted by Crippen LogP contribution is 2.10. The third-order valence-electron chi connectivity index (χ3n) is 3.33. The van der Waals surface area contributed by atoms with Crippen LogP contribution in [0.4, 0.5) is 0 Å². The van der Waals surface area contributed by atoms with Crippen LogP contribution in [-0.4, -0.2) is 38.2 Å². The number of nitrogens with one attached hydrogen (secondary N) is 2. The maximum absolute atomic E-state index is 11.9. The minimum Gasteiger partial charge on any atom is -0.481 e. The van der Waals surface area contributed by atoms with Crippen LogP contribution in [0.1, 0.15) is 69.3 Å². The third kappa shape index (κ3) is 5.53. The maximum atomic E-state index is 11.9. The van der Waals surface area contributed by atoms with Crippen molar-refractivity contribution >= 4 is 11.9 Å². The first kappa shape index (κ1) is 17.1. The minimum absolute atomic E-state index is 0.0421. The smallest absolute Gasteiger partial charge is 0.306 e. The Bertz CT molecular complexity index is 484. The number of hydrogen-bond donors (Lipinski definition) is 3. The van der Waals surface area contributed by atoms with E-state index in [1.54, 1.807) is 6.92 Å².